The van der Waals surface area contributed by atoms with Crippen molar-refractivity contribution in [2.45, 2.75) is 57.0 Å². The molecule has 1 heterocycles. The van der Waals surface area contributed by atoms with Gasteiger partial charge in [0.05, 0.1) is 24.9 Å². The second-order valence-corrected chi connectivity index (χ2v) is 8.16. The van der Waals surface area contributed by atoms with Crippen molar-refractivity contribution in [2.24, 2.45) is 0 Å². The van der Waals surface area contributed by atoms with E-state index in [0.29, 0.717) is 18.5 Å². The molecule has 2 aromatic rings. The molecule has 0 spiro atoms. The normalized spacial score (nSPS) is 20.1. The predicted octanol–water partition coefficient (Wildman–Crippen LogP) is 3.22. The van der Waals surface area contributed by atoms with Gasteiger partial charge in [-0.25, -0.2) is 8.78 Å². The summed E-state index contributed by atoms with van der Waals surface area (Å²) in [5, 5.41) is 16.6. The average molecular weight is 488 g/mol. The molecule has 6 nitrogen and oxygen atoms in total. The van der Waals surface area contributed by atoms with Crippen molar-refractivity contribution < 1.29 is 41.3 Å². The summed E-state index contributed by atoms with van der Waals surface area (Å²) in [6.45, 7) is 1.67. The molecule has 34 heavy (non-hydrogen) atoms. The van der Waals surface area contributed by atoms with E-state index in [-0.39, 0.29) is 30.4 Å². The molecule has 0 saturated carbocycles. The summed E-state index contributed by atoms with van der Waals surface area (Å²) in [4.78, 5) is 11.6. The first-order valence-corrected chi connectivity index (χ1v) is 10.6. The van der Waals surface area contributed by atoms with Gasteiger partial charge < -0.3 is 25.2 Å². The van der Waals surface area contributed by atoms with E-state index in [1.54, 1.807) is 6.07 Å². The van der Waals surface area contributed by atoms with Crippen molar-refractivity contribution in [3.05, 3.63) is 65.2 Å². The highest BCUT2D eigenvalue weighted by Crippen LogP contribution is 2.24. The lowest BCUT2D eigenvalue weighted by Crippen LogP contribution is -2.51. The molecule has 1 saturated heterocycles. The molecule has 0 unspecified atom stereocenters. The average Bonchev–Trinajstić information content (AvgIpc) is 3.18. The van der Waals surface area contributed by atoms with Gasteiger partial charge in [0.1, 0.15) is 17.4 Å². The van der Waals surface area contributed by atoms with E-state index >= 15 is 0 Å². The smallest absolute Gasteiger partial charge is 0.406 e. The maximum atomic E-state index is 13.5. The van der Waals surface area contributed by atoms with Crippen LogP contribution in [0.5, 0.6) is 5.75 Å². The highest BCUT2D eigenvalue weighted by atomic mass is 19.4. The molecule has 1 amide bonds. The molecule has 2 aromatic carbocycles. The summed E-state index contributed by atoms with van der Waals surface area (Å²) in [6.07, 6.45) is -5.87. The van der Waals surface area contributed by atoms with Gasteiger partial charge in [-0.1, -0.05) is 12.1 Å². The third-order valence-electron chi connectivity index (χ3n) is 5.33. The number of aliphatic hydroxyl groups is 1. The molecule has 0 aromatic heterocycles. The fraction of sp³-hybridized carbons (Fsp3) is 0.435. The van der Waals surface area contributed by atoms with Gasteiger partial charge in [-0.15, -0.1) is 13.2 Å². The van der Waals surface area contributed by atoms with Gasteiger partial charge in [0.15, 0.2) is 0 Å². The Labute approximate surface area is 193 Å². The first kappa shape index (κ1) is 25.9. The Hall–Kier alpha value is -2.76. The zero-order valence-electron chi connectivity index (χ0n) is 18.2. The predicted molar refractivity (Wildman–Crippen MR) is 112 cm³/mol. The van der Waals surface area contributed by atoms with Crippen LogP contribution in [0.4, 0.5) is 22.0 Å². The number of amides is 1. The van der Waals surface area contributed by atoms with Crippen LogP contribution in [-0.2, 0) is 22.6 Å². The van der Waals surface area contributed by atoms with E-state index in [1.807, 2.05) is 0 Å². The number of carbonyl (C=O) groups excluding carboxylic acids is 1. The molecule has 0 bridgehead atoms. The molecule has 3 rings (SSSR count). The number of nitrogens with one attached hydrogen (secondary N) is 2. The number of carbonyl (C=O) groups is 1. The summed E-state index contributed by atoms with van der Waals surface area (Å²) in [7, 11) is 0. The minimum Gasteiger partial charge on any atom is -0.406 e. The molecular weight excluding hydrogens is 463 g/mol. The maximum absolute atomic E-state index is 13.5. The largest absolute Gasteiger partial charge is 0.573 e. The van der Waals surface area contributed by atoms with E-state index in [9.17, 15) is 31.9 Å². The standard InChI is InChI=1S/C23H25F5N2O4/c1-13(31)30-21(8-15-5-16(24)9-17(25)6-15)22(32)20-10-19(11-29-20)33-12-14-3-2-4-18(7-14)34-23(26,27)28/h2-7,9,19-22,29,32H,8,10-12H2,1H3,(H,30,31)/t19-,20-,21+,22+/m1/s1. The zero-order valence-corrected chi connectivity index (χ0v) is 18.2. The lowest BCUT2D eigenvalue weighted by Gasteiger charge is -2.28. The highest BCUT2D eigenvalue weighted by Gasteiger charge is 2.35. The first-order chi connectivity index (χ1) is 16.0. The molecule has 3 N–H and O–H groups in total. The summed E-state index contributed by atoms with van der Waals surface area (Å²) < 4.78 is 73.9. The molecule has 186 valence electrons. The second kappa shape index (κ2) is 11.1. The van der Waals surface area contributed by atoms with Crippen molar-refractivity contribution in [3.8, 4) is 5.75 Å². The van der Waals surface area contributed by atoms with Crippen molar-refractivity contribution in [2.75, 3.05) is 6.54 Å². The Morgan fingerprint density at radius 1 is 1.18 bits per heavy atom. The quantitative estimate of drug-likeness (QED) is 0.473. The van der Waals surface area contributed by atoms with E-state index in [0.717, 1.165) is 18.2 Å². The van der Waals surface area contributed by atoms with Gasteiger partial charge in [-0.2, -0.15) is 0 Å². The zero-order chi connectivity index (χ0) is 24.9. The number of hydrogen-bond donors (Lipinski definition) is 3. The number of rotatable bonds is 9. The Bertz CT molecular complexity index is 968. The topological polar surface area (TPSA) is 79.8 Å². The van der Waals surface area contributed by atoms with Crippen molar-refractivity contribution in [1.29, 1.82) is 0 Å². The summed E-state index contributed by atoms with van der Waals surface area (Å²) in [5.41, 5.74) is 0.761. The molecule has 0 aliphatic carbocycles. The number of hydrogen-bond acceptors (Lipinski definition) is 5. The molecule has 1 fully saturated rings. The fourth-order valence-electron chi connectivity index (χ4n) is 3.95. The van der Waals surface area contributed by atoms with E-state index < -0.39 is 42.1 Å². The molecule has 1 aliphatic rings. The van der Waals surface area contributed by atoms with Gasteiger partial charge in [-0.3, -0.25) is 4.79 Å². The number of aliphatic hydroxyl groups excluding tert-OH is 1. The highest BCUT2D eigenvalue weighted by molar-refractivity contribution is 5.73. The third-order valence-corrected chi connectivity index (χ3v) is 5.33. The van der Waals surface area contributed by atoms with E-state index in [2.05, 4.69) is 15.4 Å². The number of halogens is 5. The van der Waals surface area contributed by atoms with Gasteiger partial charge in [0, 0.05) is 25.6 Å². The van der Waals surface area contributed by atoms with Crippen molar-refractivity contribution in [3.63, 3.8) is 0 Å². The Balaban J connectivity index is 1.58. The summed E-state index contributed by atoms with van der Waals surface area (Å²) >= 11 is 0. The first-order valence-electron chi connectivity index (χ1n) is 10.6. The van der Waals surface area contributed by atoms with Crippen molar-refractivity contribution >= 4 is 5.91 Å². The van der Waals surface area contributed by atoms with Crippen LogP contribution in [0.3, 0.4) is 0 Å². The van der Waals surface area contributed by atoms with Crippen LogP contribution in [0.15, 0.2) is 42.5 Å². The minimum atomic E-state index is -4.79. The van der Waals surface area contributed by atoms with E-state index in [1.165, 1.54) is 25.1 Å². The van der Waals surface area contributed by atoms with Crippen LogP contribution in [-0.4, -0.2) is 48.2 Å². The van der Waals surface area contributed by atoms with Crippen LogP contribution in [0.1, 0.15) is 24.5 Å². The number of ether oxygens (including phenoxy) is 2. The van der Waals surface area contributed by atoms with Gasteiger partial charge in [0.2, 0.25) is 5.91 Å². The fourth-order valence-corrected chi connectivity index (χ4v) is 3.95. The summed E-state index contributed by atoms with van der Waals surface area (Å²) in [6, 6.07) is 7.14. The van der Waals surface area contributed by atoms with Gasteiger partial charge >= 0.3 is 6.36 Å². The molecule has 4 atom stereocenters. The third kappa shape index (κ3) is 7.93. The van der Waals surface area contributed by atoms with E-state index in [4.69, 9.17) is 4.74 Å². The second-order valence-electron chi connectivity index (χ2n) is 8.16. The van der Waals surface area contributed by atoms with Crippen LogP contribution >= 0.6 is 0 Å². The van der Waals surface area contributed by atoms with Crippen LogP contribution in [0.25, 0.3) is 0 Å². The SMILES string of the molecule is CC(=O)N[C@@H](Cc1cc(F)cc(F)c1)[C@@H](O)[C@H]1C[C@@H](OCc2cccc(OC(F)(F)F)c2)CN1. The molecule has 0 radical (unpaired) electrons. The molecular formula is C23H25F5N2O4. The minimum absolute atomic E-state index is 0.00509. The van der Waals surface area contributed by atoms with Crippen LogP contribution < -0.4 is 15.4 Å². The Kier molecular flexibility index (Phi) is 8.45. The van der Waals surface area contributed by atoms with Crippen LogP contribution in [0, 0.1) is 11.6 Å². The number of benzene rings is 2. The lowest BCUT2D eigenvalue weighted by atomic mass is 9.95. The maximum Gasteiger partial charge on any atom is 0.573 e. The Morgan fingerprint density at radius 3 is 2.53 bits per heavy atom. The molecule has 11 heteroatoms. The lowest BCUT2D eigenvalue weighted by molar-refractivity contribution is -0.274. The Morgan fingerprint density at radius 2 is 1.88 bits per heavy atom. The van der Waals surface area contributed by atoms with Gasteiger partial charge in [0.25, 0.3) is 0 Å². The monoisotopic (exact) mass is 488 g/mol. The number of alkyl halides is 3. The van der Waals surface area contributed by atoms with Gasteiger partial charge in [-0.05, 0) is 48.2 Å². The van der Waals surface area contributed by atoms with Crippen molar-refractivity contribution in [1.82, 2.24) is 10.6 Å². The summed E-state index contributed by atoms with van der Waals surface area (Å²) in [5.74, 6) is -2.28. The molecule has 1 aliphatic heterocycles. The van der Waals surface area contributed by atoms with Crippen LogP contribution in [0.2, 0.25) is 0 Å².